The number of hydrogen-bond acceptors (Lipinski definition) is 2. The second-order valence-electron chi connectivity index (χ2n) is 6.48. The van der Waals surface area contributed by atoms with E-state index >= 15 is 0 Å². The zero-order valence-electron chi connectivity index (χ0n) is 13.6. The van der Waals surface area contributed by atoms with E-state index in [1.54, 1.807) is 0 Å². The first-order valence-electron chi connectivity index (χ1n) is 6.95. The van der Waals surface area contributed by atoms with Gasteiger partial charge in [-0.15, -0.1) is 0 Å². The smallest absolute Gasteiger partial charge is 0.300 e. The van der Waals surface area contributed by atoms with Crippen molar-refractivity contribution in [3.63, 3.8) is 0 Å². The van der Waals surface area contributed by atoms with E-state index in [0.29, 0.717) is 0 Å². The third-order valence-corrected chi connectivity index (χ3v) is 8.55. The van der Waals surface area contributed by atoms with Crippen molar-refractivity contribution in [1.29, 1.82) is 0 Å². The summed E-state index contributed by atoms with van der Waals surface area (Å²) < 4.78 is 6.32. The fourth-order valence-electron chi connectivity index (χ4n) is 1.97. The molecule has 0 amide bonds. The normalized spacial score (nSPS) is 11.5. The van der Waals surface area contributed by atoms with E-state index in [-0.39, 0.29) is 0 Å². The number of benzene rings is 1. The highest BCUT2D eigenvalue weighted by Crippen LogP contribution is 2.20. The molecule has 0 aromatic heterocycles. The van der Waals surface area contributed by atoms with E-state index in [1.807, 2.05) is 0 Å². The molecule has 114 valence electrons. The molecule has 0 heterocycles. The third kappa shape index (κ3) is 12.1. The Kier molecular flexibility index (Phi) is 8.00. The maximum atomic E-state index is 9.00. The number of hydrogen-bond donors (Lipinski definition) is 1. The zero-order chi connectivity index (χ0) is 15.8. The Labute approximate surface area is 125 Å². The molecule has 1 aromatic rings. The van der Waals surface area contributed by atoms with Crippen LogP contribution in [0.5, 0.6) is 0 Å². The van der Waals surface area contributed by atoms with E-state index < -0.39 is 22.6 Å². The highest BCUT2D eigenvalue weighted by atomic mass is 28.4. The topological polar surface area (TPSA) is 46.5 Å². The number of rotatable bonds is 5. The maximum Gasteiger partial charge on any atom is 0.300 e. The second-order valence-corrected chi connectivity index (χ2v) is 15.5. The van der Waals surface area contributed by atoms with Crippen molar-refractivity contribution in [3.8, 4) is 0 Å². The molecule has 0 bridgehead atoms. The van der Waals surface area contributed by atoms with Crippen LogP contribution in [0.15, 0.2) is 30.3 Å². The molecule has 1 rings (SSSR count). The summed E-state index contributed by atoms with van der Waals surface area (Å²) in [5.41, 5.74) is 1.43. The van der Waals surface area contributed by atoms with Crippen LogP contribution < -0.4 is 0 Å². The van der Waals surface area contributed by atoms with E-state index in [9.17, 15) is 0 Å². The average molecular weight is 313 g/mol. The number of aryl methyl sites for hydroxylation is 1. The molecule has 0 fully saturated rings. The molecule has 0 spiro atoms. The molecule has 0 atom stereocenters. The molecule has 0 aliphatic heterocycles. The summed E-state index contributed by atoms with van der Waals surface area (Å²) in [6.45, 7) is 12.6. The molecular weight excluding hydrogens is 284 g/mol. The fourth-order valence-corrected chi connectivity index (χ4v) is 9.90. The van der Waals surface area contributed by atoms with Gasteiger partial charge in [-0.3, -0.25) is 4.79 Å². The lowest BCUT2D eigenvalue weighted by Gasteiger charge is -2.31. The lowest BCUT2D eigenvalue weighted by Crippen LogP contribution is -2.42. The van der Waals surface area contributed by atoms with Gasteiger partial charge in [-0.25, -0.2) is 0 Å². The standard InChI is InChI=1S/C13H24OSi2.C2H4O2/c1-15(2,3)14-16(4,5)12-11-13-9-7-6-8-10-13;1-2(3)4/h6-10H,11-12H2,1-5H3;1H3,(H,3,4). The molecule has 5 heteroatoms. The fraction of sp³-hybridized carbons (Fsp3) is 0.533. The maximum absolute atomic E-state index is 9.00. The molecule has 0 radical (unpaired) electrons. The van der Waals surface area contributed by atoms with Gasteiger partial charge in [-0.05, 0) is 50.8 Å². The monoisotopic (exact) mass is 312 g/mol. The summed E-state index contributed by atoms with van der Waals surface area (Å²) >= 11 is 0. The quantitative estimate of drug-likeness (QED) is 0.821. The Hall–Kier alpha value is -0.916. The van der Waals surface area contributed by atoms with E-state index in [1.165, 1.54) is 11.6 Å². The first kappa shape index (κ1) is 19.1. The van der Waals surface area contributed by atoms with Crippen LogP contribution in [0.2, 0.25) is 38.8 Å². The molecule has 0 unspecified atom stereocenters. The van der Waals surface area contributed by atoms with Gasteiger partial charge in [0.2, 0.25) is 0 Å². The van der Waals surface area contributed by atoms with E-state index in [0.717, 1.165) is 13.3 Å². The Bertz CT molecular complexity index is 393. The predicted octanol–water partition coefficient (Wildman–Crippen LogP) is 4.38. The summed E-state index contributed by atoms with van der Waals surface area (Å²) in [7, 11) is -2.83. The van der Waals surface area contributed by atoms with Gasteiger partial charge in [0.05, 0.1) is 0 Å². The van der Waals surface area contributed by atoms with Gasteiger partial charge < -0.3 is 9.22 Å². The highest BCUT2D eigenvalue weighted by Gasteiger charge is 2.28. The lowest BCUT2D eigenvalue weighted by molar-refractivity contribution is -0.134. The Balaban J connectivity index is 0.000000796. The molecule has 0 aliphatic rings. The summed E-state index contributed by atoms with van der Waals surface area (Å²) in [4.78, 5) is 9.00. The van der Waals surface area contributed by atoms with Crippen LogP contribution in [0, 0.1) is 0 Å². The number of carbonyl (C=O) groups is 1. The summed E-state index contributed by atoms with van der Waals surface area (Å²) in [5, 5.41) is 7.42. The van der Waals surface area contributed by atoms with Crippen LogP contribution in [0.1, 0.15) is 12.5 Å². The van der Waals surface area contributed by atoms with E-state index in [4.69, 9.17) is 14.0 Å². The first-order valence-corrected chi connectivity index (χ1v) is 13.5. The van der Waals surface area contributed by atoms with Gasteiger partial charge in [0.25, 0.3) is 5.97 Å². The minimum absolute atomic E-state index is 0.833. The van der Waals surface area contributed by atoms with Gasteiger partial charge in [0, 0.05) is 6.92 Å². The second kappa shape index (κ2) is 8.39. The average Bonchev–Trinajstić information content (AvgIpc) is 2.24. The molecule has 0 aliphatic carbocycles. The molecule has 0 saturated carbocycles. The number of aliphatic carboxylic acids is 1. The van der Waals surface area contributed by atoms with Crippen molar-refractivity contribution in [3.05, 3.63) is 35.9 Å². The van der Waals surface area contributed by atoms with Crippen molar-refractivity contribution in [2.24, 2.45) is 0 Å². The minimum atomic E-state index is -1.46. The molecule has 1 N–H and O–H groups in total. The van der Waals surface area contributed by atoms with Crippen LogP contribution in [0.25, 0.3) is 0 Å². The Morgan fingerprint density at radius 3 is 1.95 bits per heavy atom. The van der Waals surface area contributed by atoms with Gasteiger partial charge >= 0.3 is 0 Å². The predicted molar refractivity (Wildman–Crippen MR) is 90.2 cm³/mol. The molecule has 3 nitrogen and oxygen atoms in total. The van der Waals surface area contributed by atoms with Crippen molar-refractivity contribution in [1.82, 2.24) is 0 Å². The van der Waals surface area contributed by atoms with Crippen molar-refractivity contribution < 1.29 is 14.0 Å². The van der Waals surface area contributed by atoms with Crippen molar-refractivity contribution >= 4 is 22.6 Å². The van der Waals surface area contributed by atoms with Crippen molar-refractivity contribution in [2.45, 2.75) is 52.1 Å². The summed E-state index contributed by atoms with van der Waals surface area (Å²) in [6.07, 6.45) is 1.16. The summed E-state index contributed by atoms with van der Waals surface area (Å²) in [5.74, 6) is -0.833. The molecule has 20 heavy (non-hydrogen) atoms. The van der Waals surface area contributed by atoms with Gasteiger partial charge in [0.15, 0.2) is 16.6 Å². The summed E-state index contributed by atoms with van der Waals surface area (Å²) in [6, 6.07) is 11.9. The van der Waals surface area contributed by atoms with Gasteiger partial charge in [0.1, 0.15) is 0 Å². The number of carboxylic acid groups (broad SMARTS) is 1. The van der Waals surface area contributed by atoms with Crippen molar-refractivity contribution in [2.75, 3.05) is 0 Å². The Morgan fingerprint density at radius 2 is 1.55 bits per heavy atom. The van der Waals surface area contributed by atoms with Crippen LogP contribution in [0.3, 0.4) is 0 Å². The van der Waals surface area contributed by atoms with Crippen LogP contribution in [-0.4, -0.2) is 27.7 Å². The van der Waals surface area contributed by atoms with Crippen LogP contribution in [-0.2, 0) is 15.3 Å². The number of carboxylic acids is 1. The first-order chi connectivity index (χ1) is 9.02. The van der Waals surface area contributed by atoms with E-state index in [2.05, 4.69) is 63.1 Å². The van der Waals surface area contributed by atoms with Gasteiger partial charge in [-0.2, -0.15) is 0 Å². The molecule has 0 saturated heterocycles. The van der Waals surface area contributed by atoms with Gasteiger partial charge in [-0.1, -0.05) is 30.3 Å². The third-order valence-electron chi connectivity index (χ3n) is 2.44. The largest absolute Gasteiger partial charge is 0.481 e. The SMILES string of the molecule is CC(=O)O.C[Si](C)(C)O[Si](C)(C)CCc1ccccc1. The zero-order valence-corrected chi connectivity index (χ0v) is 15.6. The van der Waals surface area contributed by atoms with Crippen LogP contribution in [0.4, 0.5) is 0 Å². The molecular formula is C15H28O3Si2. The lowest BCUT2D eigenvalue weighted by atomic mass is 10.2. The highest BCUT2D eigenvalue weighted by molar-refractivity contribution is 6.84. The van der Waals surface area contributed by atoms with Crippen LogP contribution >= 0.6 is 0 Å². The molecule has 1 aromatic carbocycles. The Morgan fingerprint density at radius 1 is 1.10 bits per heavy atom. The minimum Gasteiger partial charge on any atom is -0.481 e.